The Morgan fingerprint density at radius 3 is 2.80 bits per heavy atom. The van der Waals surface area contributed by atoms with Crippen LogP contribution in [0.3, 0.4) is 0 Å². The van der Waals surface area contributed by atoms with Crippen molar-refractivity contribution in [3.8, 4) is 0 Å². The molecule has 0 fully saturated rings. The minimum atomic E-state index is 0.270. The van der Waals surface area contributed by atoms with Gasteiger partial charge in [-0.05, 0) is 32.4 Å². The van der Waals surface area contributed by atoms with Crippen molar-refractivity contribution in [1.82, 2.24) is 9.78 Å². The van der Waals surface area contributed by atoms with Gasteiger partial charge in [-0.1, -0.05) is 0 Å². The van der Waals surface area contributed by atoms with E-state index in [4.69, 9.17) is 5.73 Å². The molecule has 4 heteroatoms. The SMILES string of the molecule is Cc1cc(CC(=O)CCCCN)n(C)n1. The third-order valence-corrected chi connectivity index (χ3v) is 2.39. The van der Waals surface area contributed by atoms with Crippen molar-refractivity contribution in [2.24, 2.45) is 12.8 Å². The lowest BCUT2D eigenvalue weighted by Crippen LogP contribution is -2.08. The fourth-order valence-electron chi connectivity index (χ4n) is 1.59. The molecule has 0 spiro atoms. The van der Waals surface area contributed by atoms with Crippen LogP contribution in [0.1, 0.15) is 30.7 Å². The Hall–Kier alpha value is -1.16. The number of aryl methyl sites for hydroxylation is 2. The van der Waals surface area contributed by atoms with Gasteiger partial charge >= 0.3 is 0 Å². The van der Waals surface area contributed by atoms with Crippen molar-refractivity contribution in [2.45, 2.75) is 32.6 Å². The molecule has 1 aromatic rings. The second-order valence-electron chi connectivity index (χ2n) is 3.86. The van der Waals surface area contributed by atoms with Crippen LogP contribution in [0.4, 0.5) is 0 Å². The summed E-state index contributed by atoms with van der Waals surface area (Å²) in [6.45, 7) is 2.60. The summed E-state index contributed by atoms with van der Waals surface area (Å²) in [5.74, 6) is 0.270. The Morgan fingerprint density at radius 1 is 1.53 bits per heavy atom. The molecular weight excluding hydrogens is 190 g/mol. The number of nitrogens with two attached hydrogens (primary N) is 1. The number of ketones is 1. The van der Waals surface area contributed by atoms with Gasteiger partial charge in [0.2, 0.25) is 0 Å². The van der Waals surface area contributed by atoms with E-state index >= 15 is 0 Å². The topological polar surface area (TPSA) is 60.9 Å². The molecule has 0 aliphatic heterocycles. The summed E-state index contributed by atoms with van der Waals surface area (Å²) in [5.41, 5.74) is 7.32. The summed E-state index contributed by atoms with van der Waals surface area (Å²) >= 11 is 0. The summed E-state index contributed by atoms with van der Waals surface area (Å²) in [7, 11) is 1.87. The van der Waals surface area contributed by atoms with Crippen LogP contribution >= 0.6 is 0 Å². The van der Waals surface area contributed by atoms with Crippen LogP contribution in [-0.4, -0.2) is 22.1 Å². The number of hydrogen-bond donors (Lipinski definition) is 1. The van der Waals surface area contributed by atoms with Crippen molar-refractivity contribution < 1.29 is 4.79 Å². The van der Waals surface area contributed by atoms with Gasteiger partial charge in [0.15, 0.2) is 0 Å². The second-order valence-corrected chi connectivity index (χ2v) is 3.86. The molecular formula is C11H19N3O. The molecule has 0 unspecified atom stereocenters. The second kappa shape index (κ2) is 5.66. The van der Waals surface area contributed by atoms with E-state index in [0.717, 1.165) is 24.2 Å². The first-order chi connectivity index (χ1) is 7.13. The summed E-state index contributed by atoms with van der Waals surface area (Å²) in [5, 5.41) is 4.21. The number of Topliss-reactive ketones (excluding diaryl/α,β-unsaturated/α-hetero) is 1. The maximum atomic E-state index is 11.6. The Morgan fingerprint density at radius 2 is 2.27 bits per heavy atom. The number of hydrogen-bond acceptors (Lipinski definition) is 3. The summed E-state index contributed by atoms with van der Waals surface area (Å²) in [6.07, 6.45) is 2.94. The van der Waals surface area contributed by atoms with Crippen molar-refractivity contribution >= 4 is 5.78 Å². The predicted octanol–water partition coefficient (Wildman–Crippen LogP) is 0.969. The van der Waals surface area contributed by atoms with Gasteiger partial charge in [-0.25, -0.2) is 0 Å². The van der Waals surface area contributed by atoms with E-state index in [9.17, 15) is 4.79 Å². The molecule has 0 bridgehead atoms. The zero-order valence-electron chi connectivity index (χ0n) is 9.49. The van der Waals surface area contributed by atoms with Crippen LogP contribution in [0.2, 0.25) is 0 Å². The summed E-state index contributed by atoms with van der Waals surface area (Å²) in [4.78, 5) is 11.6. The maximum Gasteiger partial charge on any atom is 0.138 e. The van der Waals surface area contributed by atoms with E-state index < -0.39 is 0 Å². The lowest BCUT2D eigenvalue weighted by molar-refractivity contribution is -0.118. The van der Waals surface area contributed by atoms with Crippen LogP contribution in [0, 0.1) is 6.92 Å². The van der Waals surface area contributed by atoms with E-state index in [2.05, 4.69) is 5.10 Å². The van der Waals surface area contributed by atoms with Crippen LogP contribution in [0.25, 0.3) is 0 Å². The molecule has 15 heavy (non-hydrogen) atoms. The van der Waals surface area contributed by atoms with Gasteiger partial charge in [-0.15, -0.1) is 0 Å². The molecule has 1 rings (SSSR count). The molecule has 1 aromatic heterocycles. The van der Waals surface area contributed by atoms with Crippen molar-refractivity contribution in [3.63, 3.8) is 0 Å². The van der Waals surface area contributed by atoms with Gasteiger partial charge in [0.05, 0.1) is 5.69 Å². The number of nitrogens with zero attached hydrogens (tertiary/aromatic N) is 2. The highest BCUT2D eigenvalue weighted by Gasteiger charge is 2.07. The number of rotatable bonds is 6. The minimum absolute atomic E-state index is 0.270. The molecule has 2 N–H and O–H groups in total. The standard InChI is InChI=1S/C11H19N3O/c1-9-7-10(14(2)13-9)8-11(15)5-3-4-6-12/h7H,3-6,8,12H2,1-2H3. The third kappa shape index (κ3) is 3.83. The molecule has 84 valence electrons. The third-order valence-electron chi connectivity index (χ3n) is 2.39. The molecule has 0 saturated carbocycles. The number of aromatic nitrogens is 2. The van der Waals surface area contributed by atoms with Gasteiger partial charge in [0, 0.05) is 25.6 Å². The Labute approximate surface area is 90.5 Å². The molecule has 0 aliphatic carbocycles. The zero-order chi connectivity index (χ0) is 11.3. The van der Waals surface area contributed by atoms with Crippen molar-refractivity contribution in [3.05, 3.63) is 17.5 Å². The molecule has 0 saturated heterocycles. The summed E-state index contributed by atoms with van der Waals surface area (Å²) in [6, 6.07) is 1.96. The number of unbranched alkanes of at least 4 members (excludes halogenated alkanes) is 1. The quantitative estimate of drug-likeness (QED) is 0.710. The van der Waals surface area contributed by atoms with Gasteiger partial charge in [0.1, 0.15) is 5.78 Å². The predicted molar refractivity (Wildman–Crippen MR) is 59.6 cm³/mol. The van der Waals surface area contributed by atoms with Gasteiger partial charge < -0.3 is 5.73 Å². The number of carbonyl (C=O) groups is 1. The van der Waals surface area contributed by atoms with E-state index in [1.54, 1.807) is 4.68 Å². The molecule has 0 aromatic carbocycles. The highest BCUT2D eigenvalue weighted by molar-refractivity contribution is 5.80. The molecule has 0 amide bonds. The van der Waals surface area contributed by atoms with E-state index in [1.807, 2.05) is 20.0 Å². The highest BCUT2D eigenvalue weighted by Crippen LogP contribution is 2.06. The van der Waals surface area contributed by atoms with E-state index in [0.29, 0.717) is 19.4 Å². The van der Waals surface area contributed by atoms with Crippen molar-refractivity contribution in [2.75, 3.05) is 6.54 Å². The van der Waals surface area contributed by atoms with Crippen molar-refractivity contribution in [1.29, 1.82) is 0 Å². The monoisotopic (exact) mass is 209 g/mol. The average Bonchev–Trinajstić information content (AvgIpc) is 2.45. The van der Waals surface area contributed by atoms with Crippen LogP contribution in [0.15, 0.2) is 6.07 Å². The molecule has 1 heterocycles. The smallest absolute Gasteiger partial charge is 0.138 e. The molecule has 0 radical (unpaired) electrons. The molecule has 4 nitrogen and oxygen atoms in total. The lowest BCUT2D eigenvalue weighted by atomic mass is 10.1. The van der Waals surface area contributed by atoms with E-state index in [1.165, 1.54) is 0 Å². The Bertz CT molecular complexity index is 331. The zero-order valence-corrected chi connectivity index (χ0v) is 9.49. The first kappa shape index (κ1) is 11.9. The van der Waals surface area contributed by atoms with Crippen LogP contribution < -0.4 is 5.73 Å². The maximum absolute atomic E-state index is 11.6. The van der Waals surface area contributed by atoms with E-state index in [-0.39, 0.29) is 5.78 Å². The largest absolute Gasteiger partial charge is 0.330 e. The fourth-order valence-corrected chi connectivity index (χ4v) is 1.59. The number of carbonyl (C=O) groups excluding carboxylic acids is 1. The van der Waals surface area contributed by atoms with Gasteiger partial charge in [0.25, 0.3) is 0 Å². The fraction of sp³-hybridized carbons (Fsp3) is 0.636. The summed E-state index contributed by atoms with van der Waals surface area (Å²) < 4.78 is 1.77. The Balaban J connectivity index is 2.41. The first-order valence-electron chi connectivity index (χ1n) is 5.34. The lowest BCUT2D eigenvalue weighted by Gasteiger charge is -2.01. The van der Waals surface area contributed by atoms with Gasteiger partial charge in [-0.3, -0.25) is 9.48 Å². The molecule has 0 atom stereocenters. The van der Waals surface area contributed by atoms with Crippen LogP contribution in [-0.2, 0) is 18.3 Å². The first-order valence-corrected chi connectivity index (χ1v) is 5.34. The van der Waals surface area contributed by atoms with Crippen LogP contribution in [0.5, 0.6) is 0 Å². The highest BCUT2D eigenvalue weighted by atomic mass is 16.1. The molecule has 0 aliphatic rings. The van der Waals surface area contributed by atoms with Gasteiger partial charge in [-0.2, -0.15) is 5.10 Å². The minimum Gasteiger partial charge on any atom is -0.330 e. The average molecular weight is 209 g/mol. The Kier molecular flexibility index (Phi) is 4.49. The normalized spacial score (nSPS) is 10.6.